The summed E-state index contributed by atoms with van der Waals surface area (Å²) in [6.45, 7) is 4.18. The standard InChI is InChI=1S/C16H12N3S2/c1-9-3-5-11-13(7-9)20-15(17-11)19-16-18-12-6-4-10(2)8-14(12)21-16/h3-8H,1-2H3/q-1. The molecule has 0 fully saturated rings. The number of hydrogen-bond donors (Lipinski definition) is 0. The fourth-order valence-corrected chi connectivity index (χ4v) is 4.15. The lowest BCUT2D eigenvalue weighted by molar-refractivity contribution is 1.43. The normalized spacial score (nSPS) is 11.3. The largest absolute Gasteiger partial charge is 0.351 e. The van der Waals surface area contributed by atoms with Crippen LogP contribution in [0, 0.1) is 13.8 Å². The molecule has 0 unspecified atom stereocenters. The molecule has 0 spiro atoms. The third kappa shape index (κ3) is 2.39. The Morgan fingerprint density at radius 2 is 1.24 bits per heavy atom. The lowest BCUT2D eigenvalue weighted by Gasteiger charge is -2.02. The lowest BCUT2D eigenvalue weighted by atomic mass is 10.2. The number of aryl methyl sites for hydroxylation is 2. The van der Waals surface area contributed by atoms with E-state index >= 15 is 0 Å². The molecule has 5 heteroatoms. The number of nitrogens with zero attached hydrogens (tertiary/aromatic N) is 3. The van der Waals surface area contributed by atoms with Crippen molar-refractivity contribution < 1.29 is 0 Å². The van der Waals surface area contributed by atoms with E-state index < -0.39 is 0 Å². The maximum absolute atomic E-state index is 4.59. The minimum absolute atomic E-state index is 0.770. The predicted molar refractivity (Wildman–Crippen MR) is 91.4 cm³/mol. The zero-order chi connectivity index (χ0) is 14.4. The summed E-state index contributed by atoms with van der Waals surface area (Å²) in [5.41, 5.74) is 4.49. The average Bonchev–Trinajstić information content (AvgIpc) is 3.00. The summed E-state index contributed by atoms with van der Waals surface area (Å²) in [7, 11) is 0. The summed E-state index contributed by atoms with van der Waals surface area (Å²) < 4.78 is 2.34. The molecule has 2 heterocycles. The molecule has 4 aromatic rings. The first-order valence-electron chi connectivity index (χ1n) is 6.63. The third-order valence-corrected chi connectivity index (χ3v) is 5.08. The van der Waals surface area contributed by atoms with Crippen LogP contribution in [-0.4, -0.2) is 9.97 Å². The molecule has 0 aliphatic rings. The molecule has 104 valence electrons. The van der Waals surface area contributed by atoms with Gasteiger partial charge in [0.2, 0.25) is 0 Å². The Hall–Kier alpha value is -1.98. The van der Waals surface area contributed by atoms with Crippen LogP contribution in [0.2, 0.25) is 0 Å². The first-order chi connectivity index (χ1) is 10.2. The van der Waals surface area contributed by atoms with Crippen molar-refractivity contribution in [1.29, 1.82) is 0 Å². The highest BCUT2D eigenvalue weighted by atomic mass is 32.1. The smallest absolute Gasteiger partial charge is 0.0676 e. The second kappa shape index (κ2) is 4.79. The summed E-state index contributed by atoms with van der Waals surface area (Å²) in [4.78, 5) is 9.11. The Balaban J connectivity index is 1.71. The van der Waals surface area contributed by atoms with Crippen molar-refractivity contribution in [2.24, 2.45) is 0 Å². The van der Waals surface area contributed by atoms with E-state index in [1.165, 1.54) is 20.5 Å². The topological polar surface area (TPSA) is 39.9 Å². The molecule has 0 amide bonds. The fraction of sp³-hybridized carbons (Fsp3) is 0.125. The Labute approximate surface area is 130 Å². The van der Waals surface area contributed by atoms with Crippen molar-refractivity contribution in [2.45, 2.75) is 13.8 Å². The summed E-state index contributed by atoms with van der Waals surface area (Å²) >= 11 is 3.22. The molecule has 0 saturated heterocycles. The molecule has 0 saturated carbocycles. The van der Waals surface area contributed by atoms with E-state index in [1.807, 2.05) is 12.1 Å². The Kier molecular flexibility index (Phi) is 2.90. The van der Waals surface area contributed by atoms with Gasteiger partial charge in [-0.3, -0.25) is 0 Å². The number of fused-ring (bicyclic) bond motifs is 2. The van der Waals surface area contributed by atoms with E-state index in [9.17, 15) is 0 Å². The van der Waals surface area contributed by atoms with Gasteiger partial charge in [-0.25, -0.2) is 0 Å². The summed E-state index contributed by atoms with van der Waals surface area (Å²) in [5, 5.41) is 6.13. The van der Waals surface area contributed by atoms with E-state index in [0.717, 1.165) is 21.3 Å². The number of rotatable bonds is 2. The van der Waals surface area contributed by atoms with Gasteiger partial charge in [0, 0.05) is 20.4 Å². The van der Waals surface area contributed by atoms with Gasteiger partial charge in [-0.05, 0) is 37.1 Å². The Bertz CT molecular complexity index is 875. The van der Waals surface area contributed by atoms with E-state index in [4.69, 9.17) is 0 Å². The van der Waals surface area contributed by atoms with Crippen molar-refractivity contribution in [2.75, 3.05) is 0 Å². The second-order valence-corrected chi connectivity index (χ2v) is 7.07. The van der Waals surface area contributed by atoms with E-state index in [-0.39, 0.29) is 0 Å². The van der Waals surface area contributed by atoms with Gasteiger partial charge in [-0.1, -0.05) is 24.3 Å². The second-order valence-electron chi connectivity index (χ2n) is 5.05. The van der Waals surface area contributed by atoms with Gasteiger partial charge < -0.3 is 15.3 Å². The van der Waals surface area contributed by atoms with Crippen LogP contribution in [0.4, 0.5) is 10.3 Å². The van der Waals surface area contributed by atoms with E-state index in [1.54, 1.807) is 22.7 Å². The fourth-order valence-electron chi connectivity index (χ4n) is 2.22. The van der Waals surface area contributed by atoms with Crippen LogP contribution >= 0.6 is 22.7 Å². The highest BCUT2D eigenvalue weighted by molar-refractivity contribution is 7.24. The Morgan fingerprint density at radius 1 is 0.762 bits per heavy atom. The minimum Gasteiger partial charge on any atom is -0.351 e. The van der Waals surface area contributed by atoms with Gasteiger partial charge in [0.15, 0.2) is 0 Å². The average molecular weight is 310 g/mol. The van der Waals surface area contributed by atoms with Gasteiger partial charge in [0.25, 0.3) is 0 Å². The highest BCUT2D eigenvalue weighted by Crippen LogP contribution is 2.40. The van der Waals surface area contributed by atoms with E-state index in [2.05, 4.69) is 53.4 Å². The molecule has 0 aliphatic heterocycles. The third-order valence-electron chi connectivity index (χ3n) is 3.26. The van der Waals surface area contributed by atoms with Crippen LogP contribution in [0.1, 0.15) is 11.1 Å². The van der Waals surface area contributed by atoms with Crippen molar-refractivity contribution in [3.63, 3.8) is 0 Å². The molecule has 21 heavy (non-hydrogen) atoms. The highest BCUT2D eigenvalue weighted by Gasteiger charge is 2.02. The first-order valence-corrected chi connectivity index (χ1v) is 8.27. The summed E-state index contributed by atoms with van der Waals surface area (Å²) in [6.07, 6.45) is 0. The van der Waals surface area contributed by atoms with Gasteiger partial charge in [0.05, 0.1) is 10.3 Å². The number of aromatic nitrogens is 2. The van der Waals surface area contributed by atoms with Crippen LogP contribution < -0.4 is 0 Å². The monoisotopic (exact) mass is 310 g/mol. The van der Waals surface area contributed by atoms with Crippen LogP contribution in [0.25, 0.3) is 25.8 Å². The quantitative estimate of drug-likeness (QED) is 0.465. The number of hydrogen-bond acceptors (Lipinski definition) is 4. The van der Waals surface area contributed by atoms with Crippen LogP contribution in [0.3, 0.4) is 0 Å². The van der Waals surface area contributed by atoms with Gasteiger partial charge >= 0.3 is 0 Å². The SMILES string of the molecule is Cc1ccc2nc([N-]c3nc4ccc(C)cc4s3)sc2c1. The van der Waals surface area contributed by atoms with Crippen molar-refractivity contribution >= 4 is 53.4 Å². The molecule has 0 N–H and O–H groups in total. The van der Waals surface area contributed by atoms with Crippen LogP contribution in [0.15, 0.2) is 36.4 Å². The van der Waals surface area contributed by atoms with E-state index in [0.29, 0.717) is 0 Å². The maximum atomic E-state index is 4.59. The molecular weight excluding hydrogens is 298 g/mol. The summed E-state index contributed by atoms with van der Waals surface area (Å²) in [6, 6.07) is 12.5. The Morgan fingerprint density at radius 3 is 1.71 bits per heavy atom. The molecule has 0 atom stereocenters. The predicted octanol–water partition coefficient (Wildman–Crippen LogP) is 5.86. The van der Waals surface area contributed by atoms with Gasteiger partial charge in [-0.2, -0.15) is 0 Å². The number of benzene rings is 2. The first kappa shape index (κ1) is 12.7. The molecule has 4 rings (SSSR count). The molecule has 2 aromatic heterocycles. The summed E-state index contributed by atoms with van der Waals surface area (Å²) in [5.74, 6) is 0. The molecule has 0 radical (unpaired) electrons. The molecule has 0 bridgehead atoms. The van der Waals surface area contributed by atoms with Crippen molar-refractivity contribution in [3.05, 3.63) is 52.8 Å². The number of thiazole rings is 2. The maximum Gasteiger partial charge on any atom is 0.0676 e. The minimum atomic E-state index is 0.770. The zero-order valence-corrected chi connectivity index (χ0v) is 13.3. The van der Waals surface area contributed by atoms with Crippen LogP contribution in [-0.2, 0) is 0 Å². The molecule has 0 aliphatic carbocycles. The van der Waals surface area contributed by atoms with Crippen molar-refractivity contribution in [1.82, 2.24) is 9.97 Å². The molecule has 3 nitrogen and oxygen atoms in total. The zero-order valence-electron chi connectivity index (χ0n) is 11.6. The van der Waals surface area contributed by atoms with Gasteiger partial charge in [-0.15, -0.1) is 22.7 Å². The van der Waals surface area contributed by atoms with Crippen LogP contribution in [0.5, 0.6) is 0 Å². The lowest BCUT2D eigenvalue weighted by Crippen LogP contribution is -1.71. The molecular formula is C16H12N3S2-. The van der Waals surface area contributed by atoms with Crippen molar-refractivity contribution in [3.8, 4) is 0 Å². The van der Waals surface area contributed by atoms with Gasteiger partial charge in [0.1, 0.15) is 0 Å². The molecule has 2 aromatic carbocycles.